The van der Waals surface area contributed by atoms with Gasteiger partial charge in [0.1, 0.15) is 5.56 Å². The fourth-order valence-corrected chi connectivity index (χ4v) is 3.96. The number of rotatable bonds is 3. The molecular weight excluding hydrogens is 366 g/mol. The molecule has 0 aromatic carbocycles. The predicted molar refractivity (Wildman–Crippen MR) is 99.9 cm³/mol. The van der Waals surface area contributed by atoms with E-state index in [2.05, 4.69) is 15.4 Å². The summed E-state index contributed by atoms with van der Waals surface area (Å²) < 4.78 is 1.63. The van der Waals surface area contributed by atoms with Crippen LogP contribution in [0.25, 0.3) is 5.65 Å². The maximum atomic E-state index is 13.0. The number of fused-ring (bicyclic) bond motifs is 1. The number of aromatic nitrogens is 3. The zero-order valence-electron chi connectivity index (χ0n) is 14.9. The van der Waals surface area contributed by atoms with E-state index >= 15 is 0 Å². The van der Waals surface area contributed by atoms with Crippen molar-refractivity contribution in [2.45, 2.75) is 26.0 Å². The lowest BCUT2D eigenvalue weighted by Gasteiger charge is -2.16. The summed E-state index contributed by atoms with van der Waals surface area (Å²) in [5, 5.41) is 19.2. The SMILES string of the molecule is Cc1cc(C)n2ncc(C(=O)N3C[C@@H](O)[C@@H](NC(=O)c4cccs4)C3)c2n1. The van der Waals surface area contributed by atoms with Crippen LogP contribution in [0.2, 0.25) is 0 Å². The molecule has 2 atom stereocenters. The van der Waals surface area contributed by atoms with E-state index < -0.39 is 12.1 Å². The van der Waals surface area contributed by atoms with Crippen molar-refractivity contribution in [3.8, 4) is 0 Å². The summed E-state index contributed by atoms with van der Waals surface area (Å²) in [6.07, 6.45) is 0.678. The molecule has 0 radical (unpaired) electrons. The second kappa shape index (κ2) is 6.75. The molecule has 0 spiro atoms. The van der Waals surface area contributed by atoms with Crippen LogP contribution in [0.1, 0.15) is 31.4 Å². The van der Waals surface area contributed by atoms with Gasteiger partial charge in [0.15, 0.2) is 5.65 Å². The Morgan fingerprint density at radius 1 is 1.33 bits per heavy atom. The number of aliphatic hydroxyl groups is 1. The Labute approximate surface area is 159 Å². The van der Waals surface area contributed by atoms with Crippen LogP contribution in [0.3, 0.4) is 0 Å². The second-order valence-electron chi connectivity index (χ2n) is 6.67. The van der Waals surface area contributed by atoms with Gasteiger partial charge >= 0.3 is 0 Å². The molecule has 2 N–H and O–H groups in total. The molecule has 0 aliphatic carbocycles. The predicted octanol–water partition coefficient (Wildman–Crippen LogP) is 1.02. The molecule has 2 amide bonds. The summed E-state index contributed by atoms with van der Waals surface area (Å²) in [6, 6.07) is 4.90. The van der Waals surface area contributed by atoms with Crippen molar-refractivity contribution in [1.29, 1.82) is 0 Å². The Bertz CT molecular complexity index is 1010. The Balaban J connectivity index is 1.53. The summed E-state index contributed by atoms with van der Waals surface area (Å²) in [7, 11) is 0. The molecule has 0 bridgehead atoms. The lowest BCUT2D eigenvalue weighted by Crippen LogP contribution is -2.42. The molecule has 8 nitrogen and oxygen atoms in total. The number of aryl methyl sites for hydroxylation is 2. The Morgan fingerprint density at radius 3 is 2.89 bits per heavy atom. The summed E-state index contributed by atoms with van der Waals surface area (Å²) in [4.78, 5) is 31.7. The maximum Gasteiger partial charge on any atom is 0.261 e. The number of β-amino-alcohol motifs (C(OH)–C–C–N with tert-alkyl or cyclic N) is 1. The fourth-order valence-electron chi connectivity index (χ4n) is 3.33. The molecule has 4 heterocycles. The van der Waals surface area contributed by atoms with Crippen molar-refractivity contribution in [2.75, 3.05) is 13.1 Å². The third-order valence-electron chi connectivity index (χ3n) is 4.65. The smallest absolute Gasteiger partial charge is 0.261 e. The average molecular weight is 385 g/mol. The number of nitrogens with zero attached hydrogens (tertiary/aromatic N) is 4. The largest absolute Gasteiger partial charge is 0.389 e. The van der Waals surface area contributed by atoms with Crippen LogP contribution in [0.15, 0.2) is 29.8 Å². The molecule has 1 aliphatic heterocycles. The van der Waals surface area contributed by atoms with Crippen LogP contribution in [0.4, 0.5) is 0 Å². The maximum absolute atomic E-state index is 13.0. The van der Waals surface area contributed by atoms with Gasteiger partial charge in [-0.3, -0.25) is 9.59 Å². The molecular formula is C18H19N5O3S. The third-order valence-corrected chi connectivity index (χ3v) is 5.51. The zero-order chi connectivity index (χ0) is 19.1. The van der Waals surface area contributed by atoms with E-state index in [0.717, 1.165) is 11.4 Å². The van der Waals surface area contributed by atoms with Gasteiger partial charge in [-0.1, -0.05) is 6.07 Å². The standard InChI is InChI=1S/C18H19N5O3S/c1-10-6-11(2)23-16(20-10)12(7-19-23)18(26)22-8-13(14(24)9-22)21-17(25)15-4-3-5-27-15/h3-7,13-14,24H,8-9H2,1-2H3,(H,21,25)/t13-,14+/m0/s1. The van der Waals surface area contributed by atoms with Gasteiger partial charge in [0.2, 0.25) is 0 Å². The molecule has 1 aliphatic rings. The van der Waals surface area contributed by atoms with Gasteiger partial charge in [0.25, 0.3) is 11.8 Å². The van der Waals surface area contributed by atoms with Crippen LogP contribution >= 0.6 is 11.3 Å². The Kier molecular flexibility index (Phi) is 4.40. The normalized spacial score (nSPS) is 19.6. The van der Waals surface area contributed by atoms with Crippen LogP contribution in [-0.4, -0.2) is 61.7 Å². The minimum atomic E-state index is -0.823. The first kappa shape index (κ1) is 17.6. The molecule has 1 saturated heterocycles. The minimum Gasteiger partial charge on any atom is -0.389 e. The second-order valence-corrected chi connectivity index (χ2v) is 7.61. The van der Waals surface area contributed by atoms with E-state index in [4.69, 9.17) is 0 Å². The van der Waals surface area contributed by atoms with Crippen molar-refractivity contribution in [3.63, 3.8) is 0 Å². The number of hydrogen-bond donors (Lipinski definition) is 2. The molecule has 3 aromatic rings. The summed E-state index contributed by atoms with van der Waals surface area (Å²) in [5.41, 5.74) is 2.58. The van der Waals surface area contributed by atoms with Gasteiger partial charge in [0.05, 0.1) is 23.2 Å². The molecule has 9 heteroatoms. The first-order valence-corrected chi connectivity index (χ1v) is 9.45. The van der Waals surface area contributed by atoms with Crippen molar-refractivity contribution < 1.29 is 14.7 Å². The zero-order valence-corrected chi connectivity index (χ0v) is 15.7. The van der Waals surface area contributed by atoms with Crippen molar-refractivity contribution in [1.82, 2.24) is 24.8 Å². The summed E-state index contributed by atoms with van der Waals surface area (Å²) in [6.45, 7) is 4.15. The minimum absolute atomic E-state index is 0.149. The van der Waals surface area contributed by atoms with Gasteiger partial charge in [0, 0.05) is 24.5 Å². The van der Waals surface area contributed by atoms with Gasteiger partial charge in [-0.2, -0.15) is 5.10 Å². The third kappa shape index (κ3) is 3.19. The molecule has 4 rings (SSSR count). The number of aliphatic hydroxyl groups excluding tert-OH is 1. The highest BCUT2D eigenvalue weighted by atomic mass is 32.1. The molecule has 140 valence electrons. The Morgan fingerprint density at radius 2 is 2.15 bits per heavy atom. The number of likely N-dealkylation sites (tertiary alicyclic amines) is 1. The van der Waals surface area contributed by atoms with E-state index in [9.17, 15) is 14.7 Å². The summed E-state index contributed by atoms with van der Waals surface area (Å²) in [5.74, 6) is -0.498. The quantitative estimate of drug-likeness (QED) is 0.701. The highest BCUT2D eigenvalue weighted by Gasteiger charge is 2.36. The molecule has 0 saturated carbocycles. The number of carbonyl (C=O) groups is 2. The van der Waals surface area contributed by atoms with Crippen LogP contribution in [0.5, 0.6) is 0 Å². The number of thiophene rings is 1. The lowest BCUT2D eigenvalue weighted by atomic mass is 10.2. The Hall–Kier alpha value is -2.78. The van der Waals surface area contributed by atoms with Crippen molar-refractivity contribution >= 4 is 28.8 Å². The molecule has 0 unspecified atom stereocenters. The summed E-state index contributed by atoms with van der Waals surface area (Å²) >= 11 is 1.33. The topological polar surface area (TPSA) is 99.8 Å². The number of nitrogens with one attached hydrogen (secondary N) is 1. The lowest BCUT2D eigenvalue weighted by molar-refractivity contribution is 0.0766. The van der Waals surface area contributed by atoms with E-state index in [0.29, 0.717) is 16.1 Å². The molecule has 3 aromatic heterocycles. The first-order chi connectivity index (χ1) is 12.9. The van der Waals surface area contributed by atoms with E-state index in [1.165, 1.54) is 22.4 Å². The number of carbonyl (C=O) groups excluding carboxylic acids is 2. The molecule has 27 heavy (non-hydrogen) atoms. The van der Waals surface area contributed by atoms with E-state index in [1.54, 1.807) is 16.6 Å². The van der Waals surface area contributed by atoms with Gasteiger partial charge in [-0.15, -0.1) is 11.3 Å². The molecule has 1 fully saturated rings. The van der Waals surface area contributed by atoms with Crippen LogP contribution in [-0.2, 0) is 0 Å². The highest BCUT2D eigenvalue weighted by Crippen LogP contribution is 2.19. The number of amides is 2. The van der Waals surface area contributed by atoms with Crippen LogP contribution < -0.4 is 5.32 Å². The van der Waals surface area contributed by atoms with E-state index in [-0.39, 0.29) is 24.9 Å². The first-order valence-electron chi connectivity index (χ1n) is 8.57. The number of hydrogen-bond acceptors (Lipinski definition) is 6. The monoisotopic (exact) mass is 385 g/mol. The van der Waals surface area contributed by atoms with E-state index in [1.807, 2.05) is 25.3 Å². The van der Waals surface area contributed by atoms with Crippen molar-refractivity contribution in [2.24, 2.45) is 0 Å². The van der Waals surface area contributed by atoms with Crippen molar-refractivity contribution in [3.05, 3.63) is 51.6 Å². The van der Waals surface area contributed by atoms with Gasteiger partial charge in [-0.25, -0.2) is 9.50 Å². The average Bonchev–Trinajstić information content (AvgIpc) is 3.34. The van der Waals surface area contributed by atoms with Gasteiger partial charge in [-0.05, 0) is 31.4 Å². The highest BCUT2D eigenvalue weighted by molar-refractivity contribution is 7.12. The van der Waals surface area contributed by atoms with Gasteiger partial charge < -0.3 is 15.3 Å². The van der Waals surface area contributed by atoms with Crippen LogP contribution in [0, 0.1) is 13.8 Å². The fraction of sp³-hybridized carbons (Fsp3) is 0.333.